The van der Waals surface area contributed by atoms with Crippen LogP contribution in [0.2, 0.25) is 0 Å². The lowest BCUT2D eigenvalue weighted by molar-refractivity contribution is -0.121. The van der Waals surface area contributed by atoms with Gasteiger partial charge in [-0.2, -0.15) is 0 Å². The molecule has 0 unspecified atom stereocenters. The van der Waals surface area contributed by atoms with Gasteiger partial charge >= 0.3 is 5.97 Å². The molecule has 0 saturated heterocycles. The van der Waals surface area contributed by atoms with E-state index in [2.05, 4.69) is 10.3 Å². The van der Waals surface area contributed by atoms with Gasteiger partial charge in [-0.15, -0.1) is 11.3 Å². The number of fused-ring (bicyclic) bond motifs is 1. The Labute approximate surface area is 214 Å². The van der Waals surface area contributed by atoms with Crippen LogP contribution < -0.4 is 20.3 Å². The van der Waals surface area contributed by atoms with Crippen LogP contribution in [0.5, 0.6) is 11.5 Å². The number of nitrogens with zero attached hydrogens (tertiary/aromatic N) is 2. The Hall–Kier alpha value is -3.40. The molecule has 0 radical (unpaired) electrons. The van der Waals surface area contributed by atoms with E-state index in [0.29, 0.717) is 64.9 Å². The number of ether oxygens (including phenoxy) is 3. The van der Waals surface area contributed by atoms with Crippen molar-refractivity contribution in [3.05, 3.63) is 50.9 Å². The maximum atomic E-state index is 13.0. The Balaban J connectivity index is 1.64. The van der Waals surface area contributed by atoms with Gasteiger partial charge < -0.3 is 19.5 Å². The van der Waals surface area contributed by atoms with Crippen LogP contribution in [0.1, 0.15) is 48.5 Å². The van der Waals surface area contributed by atoms with Gasteiger partial charge in [0.15, 0.2) is 11.5 Å². The average Bonchev–Trinajstić information content (AvgIpc) is 3.18. The van der Waals surface area contributed by atoms with E-state index in [4.69, 9.17) is 14.2 Å². The SMILES string of the molecule is CCOc1ccc(CCNC(=O)Cn2cnc3sc(C(=O)OCC(C)C)c(C)c3c2=O)cc1OCC. The van der Waals surface area contributed by atoms with E-state index in [1.165, 1.54) is 10.9 Å². The molecule has 0 fully saturated rings. The molecular formula is C26H33N3O6S. The van der Waals surface area contributed by atoms with E-state index in [1.54, 1.807) is 6.92 Å². The molecule has 1 amide bonds. The largest absolute Gasteiger partial charge is 0.490 e. The number of carbonyl (C=O) groups is 2. The summed E-state index contributed by atoms with van der Waals surface area (Å²) in [5.41, 5.74) is 1.16. The molecule has 0 spiro atoms. The molecule has 9 nitrogen and oxygen atoms in total. The third-order valence-corrected chi connectivity index (χ3v) is 6.49. The minimum atomic E-state index is -0.463. The Morgan fingerprint density at radius 2 is 1.86 bits per heavy atom. The van der Waals surface area contributed by atoms with Crippen molar-refractivity contribution in [3.8, 4) is 11.5 Å². The van der Waals surface area contributed by atoms with Gasteiger partial charge in [-0.1, -0.05) is 19.9 Å². The number of hydrogen-bond acceptors (Lipinski definition) is 8. The van der Waals surface area contributed by atoms with Gasteiger partial charge in [0.05, 0.1) is 31.5 Å². The Kier molecular flexibility index (Phi) is 9.46. The first-order chi connectivity index (χ1) is 17.2. The Morgan fingerprint density at radius 1 is 1.14 bits per heavy atom. The maximum absolute atomic E-state index is 13.0. The molecule has 0 saturated carbocycles. The molecule has 10 heteroatoms. The van der Waals surface area contributed by atoms with Gasteiger partial charge in [0.1, 0.15) is 16.3 Å². The molecule has 0 aliphatic heterocycles. The second-order valence-corrected chi connectivity index (χ2v) is 9.65. The number of benzene rings is 1. The smallest absolute Gasteiger partial charge is 0.348 e. The van der Waals surface area contributed by atoms with Crippen molar-refractivity contribution in [1.82, 2.24) is 14.9 Å². The first-order valence-corrected chi connectivity index (χ1v) is 12.9. The van der Waals surface area contributed by atoms with Crippen LogP contribution in [0.15, 0.2) is 29.3 Å². The van der Waals surface area contributed by atoms with Gasteiger partial charge in [-0.25, -0.2) is 9.78 Å². The van der Waals surface area contributed by atoms with Crippen LogP contribution in [0.3, 0.4) is 0 Å². The second kappa shape index (κ2) is 12.5. The molecule has 0 aliphatic carbocycles. The minimum Gasteiger partial charge on any atom is -0.490 e. The summed E-state index contributed by atoms with van der Waals surface area (Å²) in [5, 5.41) is 3.18. The lowest BCUT2D eigenvalue weighted by atomic mass is 10.1. The summed E-state index contributed by atoms with van der Waals surface area (Å²) >= 11 is 1.13. The van der Waals surface area contributed by atoms with E-state index < -0.39 is 5.97 Å². The molecule has 2 aromatic heterocycles. The summed E-state index contributed by atoms with van der Waals surface area (Å²) in [6.07, 6.45) is 1.93. The van der Waals surface area contributed by atoms with Gasteiger partial charge in [0.25, 0.3) is 5.56 Å². The van der Waals surface area contributed by atoms with Crippen LogP contribution >= 0.6 is 11.3 Å². The number of nitrogens with one attached hydrogen (secondary N) is 1. The van der Waals surface area contributed by atoms with Crippen LogP contribution in [0.25, 0.3) is 10.2 Å². The molecule has 36 heavy (non-hydrogen) atoms. The first-order valence-electron chi connectivity index (χ1n) is 12.1. The number of amides is 1. The van der Waals surface area contributed by atoms with Crippen LogP contribution in [0.4, 0.5) is 0 Å². The standard InChI is InChI=1S/C26H33N3O6S/c1-6-33-19-9-8-18(12-20(19)34-7-2)10-11-27-21(30)13-29-15-28-24-22(25(29)31)17(5)23(36-24)26(32)35-14-16(3)4/h8-9,12,15-16H,6-7,10-11,13-14H2,1-5H3,(H,27,30). The zero-order valence-electron chi connectivity index (χ0n) is 21.4. The van der Waals surface area contributed by atoms with E-state index in [0.717, 1.165) is 16.9 Å². The average molecular weight is 516 g/mol. The van der Waals surface area contributed by atoms with Crippen molar-refractivity contribution in [2.24, 2.45) is 5.92 Å². The van der Waals surface area contributed by atoms with Crippen LogP contribution in [-0.2, 0) is 22.5 Å². The lowest BCUT2D eigenvalue weighted by Crippen LogP contribution is -2.33. The molecule has 1 aromatic carbocycles. The number of rotatable bonds is 12. The molecule has 3 aromatic rings. The maximum Gasteiger partial charge on any atom is 0.348 e. The van der Waals surface area contributed by atoms with Crippen molar-refractivity contribution >= 4 is 33.4 Å². The number of aromatic nitrogens is 2. The van der Waals surface area contributed by atoms with Crippen molar-refractivity contribution < 1.29 is 23.8 Å². The Bertz CT molecular complexity index is 1280. The van der Waals surface area contributed by atoms with Gasteiger partial charge in [0, 0.05) is 6.54 Å². The van der Waals surface area contributed by atoms with Crippen molar-refractivity contribution in [1.29, 1.82) is 0 Å². The molecule has 194 valence electrons. The fraction of sp³-hybridized carbons (Fsp3) is 0.462. The predicted molar refractivity (Wildman–Crippen MR) is 139 cm³/mol. The van der Waals surface area contributed by atoms with Crippen LogP contribution in [-0.4, -0.2) is 47.8 Å². The molecule has 1 N–H and O–H groups in total. The number of aryl methyl sites for hydroxylation is 1. The van der Waals surface area contributed by atoms with Crippen molar-refractivity contribution in [2.45, 2.75) is 47.6 Å². The highest BCUT2D eigenvalue weighted by molar-refractivity contribution is 7.20. The normalized spacial score (nSPS) is 11.1. The van der Waals surface area contributed by atoms with Crippen LogP contribution in [0, 0.1) is 12.8 Å². The van der Waals surface area contributed by atoms with E-state index in [1.807, 2.05) is 45.9 Å². The van der Waals surface area contributed by atoms with Crippen molar-refractivity contribution in [3.63, 3.8) is 0 Å². The number of thiophene rings is 1. The summed E-state index contributed by atoms with van der Waals surface area (Å²) in [7, 11) is 0. The highest BCUT2D eigenvalue weighted by Gasteiger charge is 2.21. The highest BCUT2D eigenvalue weighted by Crippen LogP contribution is 2.29. The van der Waals surface area contributed by atoms with Crippen molar-refractivity contribution in [2.75, 3.05) is 26.4 Å². The van der Waals surface area contributed by atoms with E-state index in [9.17, 15) is 14.4 Å². The van der Waals surface area contributed by atoms with E-state index >= 15 is 0 Å². The van der Waals surface area contributed by atoms with Gasteiger partial charge in [0.2, 0.25) is 5.91 Å². The number of hydrogen-bond donors (Lipinski definition) is 1. The third kappa shape index (κ3) is 6.63. The summed E-state index contributed by atoms with van der Waals surface area (Å²) in [6, 6.07) is 5.71. The quantitative estimate of drug-likeness (QED) is 0.366. The number of esters is 1. The zero-order chi connectivity index (χ0) is 26.2. The van der Waals surface area contributed by atoms with Gasteiger partial charge in [-0.05, 0) is 56.4 Å². The molecular weight excluding hydrogens is 482 g/mol. The van der Waals surface area contributed by atoms with Gasteiger partial charge in [-0.3, -0.25) is 14.2 Å². The topological polar surface area (TPSA) is 109 Å². The Morgan fingerprint density at radius 3 is 2.56 bits per heavy atom. The summed E-state index contributed by atoms with van der Waals surface area (Å²) < 4.78 is 17.8. The predicted octanol–water partition coefficient (Wildman–Crippen LogP) is 3.74. The molecule has 0 bridgehead atoms. The minimum absolute atomic E-state index is 0.169. The fourth-order valence-electron chi connectivity index (χ4n) is 3.58. The lowest BCUT2D eigenvalue weighted by Gasteiger charge is -2.13. The third-order valence-electron chi connectivity index (χ3n) is 5.31. The summed E-state index contributed by atoms with van der Waals surface area (Å²) in [4.78, 5) is 43.1. The van der Waals surface area contributed by atoms with E-state index in [-0.39, 0.29) is 23.9 Å². The zero-order valence-corrected chi connectivity index (χ0v) is 22.2. The second-order valence-electron chi connectivity index (χ2n) is 8.65. The highest BCUT2D eigenvalue weighted by atomic mass is 32.1. The molecule has 0 aliphatic rings. The molecule has 2 heterocycles. The summed E-state index contributed by atoms with van der Waals surface area (Å²) in [6.45, 7) is 11.0. The fourth-order valence-corrected chi connectivity index (χ4v) is 4.62. The first kappa shape index (κ1) is 27.2. The molecule has 0 atom stereocenters. The summed E-state index contributed by atoms with van der Waals surface area (Å²) in [5.74, 6) is 0.800. The number of carbonyl (C=O) groups excluding carboxylic acids is 2. The monoisotopic (exact) mass is 515 g/mol. The molecule has 3 rings (SSSR count).